The van der Waals surface area contributed by atoms with Crippen molar-refractivity contribution < 1.29 is 4.74 Å². The highest BCUT2D eigenvalue weighted by molar-refractivity contribution is 5.25. The van der Waals surface area contributed by atoms with Gasteiger partial charge in [0.2, 0.25) is 5.88 Å². The maximum absolute atomic E-state index is 5.52. The molecule has 2 aromatic rings. The van der Waals surface area contributed by atoms with Crippen molar-refractivity contribution in [1.29, 1.82) is 0 Å². The molecule has 0 aliphatic carbocycles. The number of aryl methyl sites for hydroxylation is 1. The van der Waals surface area contributed by atoms with E-state index in [1.165, 1.54) is 17.5 Å². The molecular weight excluding hydrogens is 188 g/mol. The van der Waals surface area contributed by atoms with E-state index >= 15 is 0 Å². The van der Waals surface area contributed by atoms with E-state index in [1.54, 1.807) is 12.3 Å². The van der Waals surface area contributed by atoms with Crippen LogP contribution in [0.15, 0.2) is 42.9 Å². The normalized spacial score (nSPS) is 9.93. The molecule has 3 heteroatoms. The number of rotatable bonds is 3. The first-order chi connectivity index (χ1) is 7.36. The topological polar surface area (TPSA) is 35.0 Å². The summed E-state index contributed by atoms with van der Waals surface area (Å²) in [6, 6.07) is 9.89. The lowest BCUT2D eigenvalue weighted by atomic mass is 10.1. The van der Waals surface area contributed by atoms with Gasteiger partial charge >= 0.3 is 0 Å². The molecule has 0 amide bonds. The molecular formula is C12H12N2O. The molecule has 0 fully saturated rings. The predicted octanol–water partition coefficient (Wildman–Crippen LogP) is 2.36. The standard InChI is InChI=1S/C12H12N2O/c1-10-4-2-3-5-11(10)8-15-12-6-7-13-9-14-12/h2-7,9H,8H2,1H3. The average Bonchev–Trinajstić information content (AvgIpc) is 2.29. The van der Waals surface area contributed by atoms with Crippen LogP contribution in [-0.4, -0.2) is 9.97 Å². The molecule has 0 spiro atoms. The zero-order valence-corrected chi connectivity index (χ0v) is 8.55. The molecule has 1 heterocycles. The molecule has 0 N–H and O–H groups in total. The largest absolute Gasteiger partial charge is 0.473 e. The molecule has 76 valence electrons. The fourth-order valence-electron chi connectivity index (χ4n) is 1.29. The SMILES string of the molecule is Cc1ccccc1COc1ccncn1. The fourth-order valence-corrected chi connectivity index (χ4v) is 1.29. The average molecular weight is 200 g/mol. The van der Waals surface area contributed by atoms with Gasteiger partial charge in [0.25, 0.3) is 0 Å². The second-order valence-electron chi connectivity index (χ2n) is 3.26. The number of benzene rings is 1. The second kappa shape index (κ2) is 4.55. The minimum atomic E-state index is 0.545. The van der Waals surface area contributed by atoms with Crippen LogP contribution in [0.1, 0.15) is 11.1 Å². The Kier molecular flexibility index (Phi) is 2.93. The Morgan fingerprint density at radius 2 is 2.07 bits per heavy atom. The molecule has 0 atom stereocenters. The van der Waals surface area contributed by atoms with Crippen LogP contribution in [-0.2, 0) is 6.61 Å². The van der Waals surface area contributed by atoms with E-state index < -0.39 is 0 Å². The van der Waals surface area contributed by atoms with E-state index in [1.807, 2.05) is 12.1 Å². The monoisotopic (exact) mass is 200 g/mol. The van der Waals surface area contributed by atoms with Crippen LogP contribution < -0.4 is 4.74 Å². The molecule has 3 nitrogen and oxygen atoms in total. The van der Waals surface area contributed by atoms with Crippen molar-refractivity contribution in [1.82, 2.24) is 9.97 Å². The van der Waals surface area contributed by atoms with Crippen LogP contribution in [0.2, 0.25) is 0 Å². The third kappa shape index (κ3) is 2.53. The predicted molar refractivity (Wildman–Crippen MR) is 57.5 cm³/mol. The molecule has 0 radical (unpaired) electrons. The Morgan fingerprint density at radius 3 is 2.80 bits per heavy atom. The van der Waals surface area contributed by atoms with Gasteiger partial charge in [0.1, 0.15) is 12.9 Å². The number of aromatic nitrogens is 2. The van der Waals surface area contributed by atoms with Crippen molar-refractivity contribution >= 4 is 0 Å². The Hall–Kier alpha value is -1.90. The van der Waals surface area contributed by atoms with Crippen molar-refractivity contribution in [3.05, 3.63) is 54.0 Å². The molecule has 1 aromatic carbocycles. The van der Waals surface area contributed by atoms with Crippen LogP contribution in [0.25, 0.3) is 0 Å². The smallest absolute Gasteiger partial charge is 0.216 e. The quantitative estimate of drug-likeness (QED) is 0.762. The molecule has 15 heavy (non-hydrogen) atoms. The number of nitrogens with zero attached hydrogens (tertiary/aromatic N) is 2. The zero-order valence-electron chi connectivity index (χ0n) is 8.55. The molecule has 2 rings (SSSR count). The summed E-state index contributed by atoms with van der Waals surface area (Å²) in [5.41, 5.74) is 2.41. The van der Waals surface area contributed by atoms with Gasteiger partial charge in [0.15, 0.2) is 0 Å². The fraction of sp³-hybridized carbons (Fsp3) is 0.167. The molecule has 0 saturated heterocycles. The molecule has 0 bridgehead atoms. The number of hydrogen-bond acceptors (Lipinski definition) is 3. The first-order valence-corrected chi connectivity index (χ1v) is 4.79. The van der Waals surface area contributed by atoms with E-state index in [0.29, 0.717) is 12.5 Å². The maximum atomic E-state index is 5.52. The van der Waals surface area contributed by atoms with Crippen LogP contribution in [0.5, 0.6) is 5.88 Å². The number of ether oxygens (including phenoxy) is 1. The third-order valence-electron chi connectivity index (χ3n) is 2.19. The first kappa shape index (κ1) is 9.65. The van der Waals surface area contributed by atoms with Gasteiger partial charge < -0.3 is 4.74 Å². The lowest BCUT2D eigenvalue weighted by Crippen LogP contribution is -1.98. The van der Waals surface area contributed by atoms with Gasteiger partial charge in [-0.15, -0.1) is 0 Å². The Bertz CT molecular complexity index is 429. The minimum absolute atomic E-state index is 0.545. The van der Waals surface area contributed by atoms with Gasteiger partial charge in [-0.2, -0.15) is 0 Å². The highest BCUT2D eigenvalue weighted by Crippen LogP contribution is 2.10. The summed E-state index contributed by atoms with van der Waals surface area (Å²) in [7, 11) is 0. The lowest BCUT2D eigenvalue weighted by molar-refractivity contribution is 0.292. The van der Waals surface area contributed by atoms with E-state index in [4.69, 9.17) is 4.74 Å². The van der Waals surface area contributed by atoms with E-state index in [-0.39, 0.29) is 0 Å². The molecule has 1 aromatic heterocycles. The van der Waals surface area contributed by atoms with E-state index in [0.717, 1.165) is 0 Å². The van der Waals surface area contributed by atoms with Crippen molar-refractivity contribution in [2.75, 3.05) is 0 Å². The lowest BCUT2D eigenvalue weighted by Gasteiger charge is -2.06. The van der Waals surface area contributed by atoms with Crippen LogP contribution in [0.4, 0.5) is 0 Å². The molecule has 0 saturated carbocycles. The summed E-state index contributed by atoms with van der Waals surface area (Å²) >= 11 is 0. The van der Waals surface area contributed by atoms with Crippen molar-refractivity contribution in [2.45, 2.75) is 13.5 Å². The Morgan fingerprint density at radius 1 is 1.20 bits per heavy atom. The highest BCUT2D eigenvalue weighted by Gasteiger charge is 1.98. The number of hydrogen-bond donors (Lipinski definition) is 0. The summed E-state index contributed by atoms with van der Waals surface area (Å²) in [6.07, 6.45) is 3.15. The van der Waals surface area contributed by atoms with Crippen LogP contribution >= 0.6 is 0 Å². The maximum Gasteiger partial charge on any atom is 0.216 e. The summed E-state index contributed by atoms with van der Waals surface area (Å²) < 4.78 is 5.52. The second-order valence-corrected chi connectivity index (χ2v) is 3.26. The summed E-state index contributed by atoms with van der Waals surface area (Å²) in [6.45, 7) is 2.61. The molecule has 0 aliphatic heterocycles. The van der Waals surface area contributed by atoms with Gasteiger partial charge in [-0.25, -0.2) is 9.97 Å². The first-order valence-electron chi connectivity index (χ1n) is 4.79. The Labute approximate surface area is 88.8 Å². The zero-order chi connectivity index (χ0) is 10.5. The third-order valence-corrected chi connectivity index (χ3v) is 2.19. The van der Waals surface area contributed by atoms with Crippen molar-refractivity contribution in [3.63, 3.8) is 0 Å². The van der Waals surface area contributed by atoms with Gasteiger partial charge in [0, 0.05) is 12.3 Å². The summed E-state index contributed by atoms with van der Waals surface area (Å²) in [5.74, 6) is 0.605. The van der Waals surface area contributed by atoms with Gasteiger partial charge in [0.05, 0.1) is 0 Å². The van der Waals surface area contributed by atoms with E-state index in [2.05, 4.69) is 29.0 Å². The molecule has 0 aliphatic rings. The van der Waals surface area contributed by atoms with Crippen molar-refractivity contribution in [2.24, 2.45) is 0 Å². The summed E-state index contributed by atoms with van der Waals surface area (Å²) in [4.78, 5) is 7.82. The van der Waals surface area contributed by atoms with Crippen molar-refractivity contribution in [3.8, 4) is 5.88 Å². The Balaban J connectivity index is 2.03. The van der Waals surface area contributed by atoms with Gasteiger partial charge in [-0.3, -0.25) is 0 Å². The minimum Gasteiger partial charge on any atom is -0.473 e. The van der Waals surface area contributed by atoms with Crippen LogP contribution in [0.3, 0.4) is 0 Å². The van der Waals surface area contributed by atoms with Gasteiger partial charge in [-0.1, -0.05) is 24.3 Å². The highest BCUT2D eigenvalue weighted by atomic mass is 16.5. The van der Waals surface area contributed by atoms with Gasteiger partial charge in [-0.05, 0) is 18.1 Å². The van der Waals surface area contributed by atoms with Crippen LogP contribution in [0, 0.1) is 6.92 Å². The van der Waals surface area contributed by atoms with E-state index in [9.17, 15) is 0 Å². The summed E-state index contributed by atoms with van der Waals surface area (Å²) in [5, 5.41) is 0. The molecule has 0 unspecified atom stereocenters.